The van der Waals surface area contributed by atoms with Gasteiger partial charge < -0.3 is 19.5 Å². The van der Waals surface area contributed by atoms with Crippen LogP contribution in [0.1, 0.15) is 64.9 Å². The molecule has 1 saturated carbocycles. The van der Waals surface area contributed by atoms with E-state index in [1.165, 1.54) is 18.9 Å². The van der Waals surface area contributed by atoms with E-state index in [-0.39, 0.29) is 18.1 Å². The average molecular weight is 404 g/mol. The fourth-order valence-corrected chi connectivity index (χ4v) is 3.31. The van der Waals surface area contributed by atoms with E-state index in [4.69, 9.17) is 14.2 Å². The molecule has 1 atom stereocenters. The van der Waals surface area contributed by atoms with E-state index >= 15 is 0 Å². The Bertz CT molecular complexity index is 705. The highest BCUT2D eigenvalue weighted by molar-refractivity contribution is 5.90. The van der Waals surface area contributed by atoms with E-state index in [1.54, 1.807) is 32.2 Å². The number of benzene rings is 1. The van der Waals surface area contributed by atoms with Crippen molar-refractivity contribution in [2.45, 2.75) is 77.5 Å². The number of hydrogen-bond donors (Lipinski definition) is 1. The smallest absolute Gasteiger partial charge is 0.331 e. The molecule has 0 spiro atoms. The van der Waals surface area contributed by atoms with E-state index in [1.807, 2.05) is 19.9 Å². The van der Waals surface area contributed by atoms with Crippen LogP contribution in [-0.4, -0.2) is 37.2 Å². The SMILES string of the molecule is COc1cc(/C=C/C(=O)O[C@@H](C)C(=O)NC2CCCCCC2)ccc1OC(C)C. The quantitative estimate of drug-likeness (QED) is 0.399. The molecule has 29 heavy (non-hydrogen) atoms. The lowest BCUT2D eigenvalue weighted by atomic mass is 10.1. The molecule has 0 aromatic heterocycles. The molecule has 6 heteroatoms. The van der Waals surface area contributed by atoms with Crippen molar-refractivity contribution < 1.29 is 23.8 Å². The van der Waals surface area contributed by atoms with Crippen molar-refractivity contribution >= 4 is 18.0 Å². The fraction of sp³-hybridized carbons (Fsp3) is 0.565. The molecule has 1 aromatic carbocycles. The zero-order valence-electron chi connectivity index (χ0n) is 17.9. The molecule has 1 fully saturated rings. The van der Waals surface area contributed by atoms with Gasteiger partial charge in [0.25, 0.3) is 5.91 Å². The van der Waals surface area contributed by atoms with Gasteiger partial charge in [0, 0.05) is 12.1 Å². The third-order valence-corrected chi connectivity index (χ3v) is 4.83. The summed E-state index contributed by atoms with van der Waals surface area (Å²) < 4.78 is 16.3. The van der Waals surface area contributed by atoms with E-state index in [2.05, 4.69) is 5.32 Å². The Morgan fingerprint density at radius 3 is 2.38 bits per heavy atom. The Balaban J connectivity index is 1.88. The van der Waals surface area contributed by atoms with Crippen LogP contribution in [-0.2, 0) is 14.3 Å². The Morgan fingerprint density at radius 2 is 1.76 bits per heavy atom. The zero-order valence-corrected chi connectivity index (χ0v) is 17.9. The van der Waals surface area contributed by atoms with Crippen molar-refractivity contribution in [3.8, 4) is 11.5 Å². The minimum absolute atomic E-state index is 0.0332. The zero-order chi connectivity index (χ0) is 21.2. The number of nitrogens with one attached hydrogen (secondary N) is 1. The third-order valence-electron chi connectivity index (χ3n) is 4.83. The molecule has 1 aliphatic rings. The molecule has 0 aliphatic heterocycles. The molecule has 0 heterocycles. The Morgan fingerprint density at radius 1 is 1.07 bits per heavy atom. The lowest BCUT2D eigenvalue weighted by molar-refractivity contribution is -0.150. The first kappa shape index (κ1) is 22.8. The molecular formula is C23H33NO5. The van der Waals surface area contributed by atoms with E-state index in [0.717, 1.165) is 31.2 Å². The van der Waals surface area contributed by atoms with Gasteiger partial charge in [0.05, 0.1) is 13.2 Å². The van der Waals surface area contributed by atoms with Gasteiger partial charge in [-0.25, -0.2) is 4.79 Å². The Labute approximate surface area is 173 Å². The van der Waals surface area contributed by atoms with Crippen molar-refractivity contribution in [3.63, 3.8) is 0 Å². The van der Waals surface area contributed by atoms with Gasteiger partial charge in [-0.05, 0) is 57.4 Å². The number of carbonyl (C=O) groups excluding carboxylic acids is 2. The van der Waals surface area contributed by atoms with Gasteiger partial charge in [0.15, 0.2) is 17.6 Å². The summed E-state index contributed by atoms with van der Waals surface area (Å²) in [6.07, 6.45) is 8.83. The second-order valence-corrected chi connectivity index (χ2v) is 7.69. The summed E-state index contributed by atoms with van der Waals surface area (Å²) >= 11 is 0. The van der Waals surface area contributed by atoms with Crippen LogP contribution in [0.5, 0.6) is 11.5 Å². The van der Waals surface area contributed by atoms with Crippen LogP contribution in [0.2, 0.25) is 0 Å². The van der Waals surface area contributed by atoms with Gasteiger partial charge in [-0.2, -0.15) is 0 Å². The van der Waals surface area contributed by atoms with Crippen molar-refractivity contribution in [1.82, 2.24) is 5.32 Å². The molecule has 1 N–H and O–H groups in total. The van der Waals surface area contributed by atoms with Crippen LogP contribution in [0.25, 0.3) is 6.08 Å². The second kappa shape index (κ2) is 11.5. The number of carbonyl (C=O) groups is 2. The minimum Gasteiger partial charge on any atom is -0.493 e. The topological polar surface area (TPSA) is 73.9 Å². The van der Waals surface area contributed by atoms with Crippen LogP contribution in [0, 0.1) is 0 Å². The first-order chi connectivity index (χ1) is 13.9. The number of ether oxygens (including phenoxy) is 3. The van der Waals surface area contributed by atoms with Gasteiger partial charge in [0.2, 0.25) is 0 Å². The van der Waals surface area contributed by atoms with Crippen LogP contribution in [0.4, 0.5) is 0 Å². The molecule has 0 radical (unpaired) electrons. The normalized spacial score (nSPS) is 16.3. The maximum atomic E-state index is 12.3. The number of esters is 1. The number of methoxy groups -OCH3 is 1. The molecular weight excluding hydrogens is 370 g/mol. The van der Waals surface area contributed by atoms with E-state index in [0.29, 0.717) is 11.5 Å². The van der Waals surface area contributed by atoms with Crippen molar-refractivity contribution in [3.05, 3.63) is 29.8 Å². The summed E-state index contributed by atoms with van der Waals surface area (Å²) in [7, 11) is 1.57. The fourth-order valence-electron chi connectivity index (χ4n) is 3.31. The third kappa shape index (κ3) is 7.80. The minimum atomic E-state index is -0.827. The number of rotatable bonds is 8. The molecule has 6 nitrogen and oxygen atoms in total. The predicted octanol–water partition coefficient (Wildman–Crippen LogP) is 4.27. The van der Waals surface area contributed by atoms with Crippen LogP contribution in [0.15, 0.2) is 24.3 Å². The highest BCUT2D eigenvalue weighted by Gasteiger charge is 2.21. The lowest BCUT2D eigenvalue weighted by Crippen LogP contribution is -2.41. The van der Waals surface area contributed by atoms with Gasteiger partial charge >= 0.3 is 5.97 Å². The van der Waals surface area contributed by atoms with Crippen molar-refractivity contribution in [1.29, 1.82) is 0 Å². The molecule has 0 bridgehead atoms. The van der Waals surface area contributed by atoms with Crippen LogP contribution >= 0.6 is 0 Å². The largest absolute Gasteiger partial charge is 0.493 e. The van der Waals surface area contributed by atoms with Crippen LogP contribution < -0.4 is 14.8 Å². The number of hydrogen-bond acceptors (Lipinski definition) is 5. The van der Waals surface area contributed by atoms with Crippen molar-refractivity contribution in [2.24, 2.45) is 0 Å². The highest BCUT2D eigenvalue weighted by atomic mass is 16.5. The Hall–Kier alpha value is -2.50. The summed E-state index contributed by atoms with van der Waals surface area (Å²) in [5.74, 6) is 0.432. The van der Waals surface area contributed by atoms with Crippen LogP contribution in [0.3, 0.4) is 0 Å². The average Bonchev–Trinajstić information content (AvgIpc) is 2.95. The van der Waals surface area contributed by atoms with Gasteiger partial charge in [0.1, 0.15) is 0 Å². The van der Waals surface area contributed by atoms with E-state index < -0.39 is 12.1 Å². The predicted molar refractivity (Wildman–Crippen MR) is 113 cm³/mol. The Kier molecular flexibility index (Phi) is 9.03. The van der Waals surface area contributed by atoms with Gasteiger partial charge in [-0.3, -0.25) is 4.79 Å². The summed E-state index contributed by atoms with van der Waals surface area (Å²) in [6, 6.07) is 5.59. The summed E-state index contributed by atoms with van der Waals surface area (Å²) in [5, 5.41) is 3.00. The standard InChI is InChI=1S/C23H33NO5/c1-16(2)28-20-13-11-18(15-21(20)27-4)12-14-22(25)29-17(3)23(26)24-19-9-7-5-6-8-10-19/h11-17,19H,5-10H2,1-4H3,(H,24,26)/b14-12+/t17-/m0/s1. The molecule has 160 valence electrons. The van der Waals surface area contributed by atoms with E-state index in [9.17, 15) is 9.59 Å². The number of amides is 1. The monoisotopic (exact) mass is 403 g/mol. The highest BCUT2D eigenvalue weighted by Crippen LogP contribution is 2.29. The maximum absolute atomic E-state index is 12.3. The van der Waals surface area contributed by atoms with Gasteiger partial charge in [-0.15, -0.1) is 0 Å². The summed E-state index contributed by atoms with van der Waals surface area (Å²) in [4.78, 5) is 24.4. The first-order valence-electron chi connectivity index (χ1n) is 10.4. The maximum Gasteiger partial charge on any atom is 0.331 e. The van der Waals surface area contributed by atoms with Gasteiger partial charge in [-0.1, -0.05) is 31.7 Å². The molecule has 0 saturated heterocycles. The first-order valence-corrected chi connectivity index (χ1v) is 10.4. The van der Waals surface area contributed by atoms with Crippen molar-refractivity contribution in [2.75, 3.05) is 7.11 Å². The molecule has 0 unspecified atom stereocenters. The molecule has 1 amide bonds. The molecule has 2 rings (SSSR count). The lowest BCUT2D eigenvalue weighted by Gasteiger charge is -2.19. The molecule has 1 aromatic rings. The summed E-state index contributed by atoms with van der Waals surface area (Å²) in [6.45, 7) is 5.48. The second-order valence-electron chi connectivity index (χ2n) is 7.69. The summed E-state index contributed by atoms with van der Waals surface area (Å²) in [5.41, 5.74) is 0.769. The molecule has 1 aliphatic carbocycles.